The molecule has 1 aromatic rings. The highest BCUT2D eigenvalue weighted by atomic mass is 16.1. The monoisotopic (exact) mass is 178 g/mol. The van der Waals surface area contributed by atoms with Gasteiger partial charge in [-0.3, -0.25) is 4.79 Å². The normalized spacial score (nSPS) is 10.2. The molecule has 0 aromatic carbocycles. The predicted molar refractivity (Wildman–Crippen MR) is 51.6 cm³/mol. The summed E-state index contributed by atoms with van der Waals surface area (Å²) < 4.78 is 0. The minimum absolute atomic E-state index is 0.112. The van der Waals surface area contributed by atoms with E-state index in [-0.39, 0.29) is 11.9 Å². The first-order valence-electron chi connectivity index (χ1n) is 4.34. The number of nitrogens with one attached hydrogen (secondary N) is 1. The highest BCUT2D eigenvalue weighted by molar-refractivity contribution is 5.92. The molecule has 13 heavy (non-hydrogen) atoms. The van der Waals surface area contributed by atoms with Gasteiger partial charge in [-0.2, -0.15) is 0 Å². The first-order valence-corrected chi connectivity index (χ1v) is 4.34. The second kappa shape index (κ2) is 4.03. The Morgan fingerprint density at radius 2 is 2.15 bits per heavy atom. The summed E-state index contributed by atoms with van der Waals surface area (Å²) in [5.41, 5.74) is 1.34. The Morgan fingerprint density at radius 3 is 2.69 bits per heavy atom. The number of rotatable bonds is 2. The molecule has 0 bridgehead atoms. The van der Waals surface area contributed by atoms with Gasteiger partial charge in [0.05, 0.1) is 0 Å². The van der Waals surface area contributed by atoms with E-state index in [0.29, 0.717) is 5.69 Å². The number of carbonyl (C=O) groups excluding carboxylic acids is 1. The summed E-state index contributed by atoms with van der Waals surface area (Å²) in [6.07, 6.45) is 0. The van der Waals surface area contributed by atoms with Gasteiger partial charge in [-0.15, -0.1) is 0 Å². The van der Waals surface area contributed by atoms with Crippen molar-refractivity contribution in [3.8, 4) is 0 Å². The quantitative estimate of drug-likeness (QED) is 0.746. The van der Waals surface area contributed by atoms with E-state index in [2.05, 4.69) is 10.3 Å². The lowest BCUT2D eigenvalue weighted by Crippen LogP contribution is -2.30. The number of hydrogen-bond acceptors (Lipinski definition) is 2. The Balaban J connectivity index is 2.77. The fraction of sp³-hybridized carbons (Fsp3) is 0.400. The van der Waals surface area contributed by atoms with Crippen LogP contribution in [0.5, 0.6) is 0 Å². The molecule has 1 rings (SSSR count). The number of carbonyl (C=O) groups is 1. The number of amides is 1. The Kier molecular flexibility index (Phi) is 3.01. The fourth-order valence-corrected chi connectivity index (χ4v) is 1.01. The van der Waals surface area contributed by atoms with Crippen LogP contribution < -0.4 is 5.32 Å². The minimum atomic E-state index is -0.112. The van der Waals surface area contributed by atoms with Gasteiger partial charge in [0, 0.05) is 11.7 Å². The predicted octanol–water partition coefficient (Wildman–Crippen LogP) is 1.53. The van der Waals surface area contributed by atoms with Crippen LogP contribution >= 0.6 is 0 Å². The van der Waals surface area contributed by atoms with Crippen LogP contribution in [0, 0.1) is 6.92 Å². The van der Waals surface area contributed by atoms with Crippen molar-refractivity contribution in [1.82, 2.24) is 10.3 Å². The van der Waals surface area contributed by atoms with Gasteiger partial charge in [-0.25, -0.2) is 4.98 Å². The second-order valence-corrected chi connectivity index (χ2v) is 3.29. The smallest absolute Gasteiger partial charge is 0.270 e. The van der Waals surface area contributed by atoms with Crippen molar-refractivity contribution in [3.63, 3.8) is 0 Å². The number of pyridine rings is 1. The molecule has 0 aliphatic heterocycles. The van der Waals surface area contributed by atoms with Gasteiger partial charge in [0.2, 0.25) is 0 Å². The molecule has 3 heteroatoms. The zero-order valence-corrected chi connectivity index (χ0v) is 8.16. The number of hydrogen-bond donors (Lipinski definition) is 1. The van der Waals surface area contributed by atoms with Crippen LogP contribution in [0.2, 0.25) is 0 Å². The average molecular weight is 178 g/mol. The van der Waals surface area contributed by atoms with E-state index < -0.39 is 0 Å². The molecule has 0 saturated heterocycles. The van der Waals surface area contributed by atoms with Gasteiger partial charge in [-0.1, -0.05) is 6.07 Å². The third-order valence-electron chi connectivity index (χ3n) is 1.54. The highest BCUT2D eigenvalue weighted by Gasteiger charge is 2.07. The van der Waals surface area contributed by atoms with Crippen LogP contribution in [0.1, 0.15) is 30.0 Å². The first-order chi connectivity index (χ1) is 6.09. The summed E-state index contributed by atoms with van der Waals surface area (Å²) >= 11 is 0. The van der Waals surface area contributed by atoms with Gasteiger partial charge < -0.3 is 5.32 Å². The average Bonchev–Trinajstić information content (AvgIpc) is 2.03. The molecular weight excluding hydrogens is 164 g/mol. The van der Waals surface area contributed by atoms with Crippen molar-refractivity contribution in [1.29, 1.82) is 0 Å². The molecule has 0 spiro atoms. The first kappa shape index (κ1) is 9.71. The lowest BCUT2D eigenvalue weighted by molar-refractivity contribution is 0.0938. The topological polar surface area (TPSA) is 42.0 Å². The minimum Gasteiger partial charge on any atom is -0.349 e. The van der Waals surface area contributed by atoms with E-state index in [4.69, 9.17) is 0 Å². The maximum absolute atomic E-state index is 11.4. The summed E-state index contributed by atoms with van der Waals surface area (Å²) in [6, 6.07) is 5.56. The van der Waals surface area contributed by atoms with E-state index in [1.807, 2.05) is 32.9 Å². The van der Waals surface area contributed by atoms with Crippen molar-refractivity contribution in [2.24, 2.45) is 0 Å². The molecule has 0 aliphatic rings. The highest BCUT2D eigenvalue weighted by Crippen LogP contribution is 1.98. The molecule has 70 valence electrons. The van der Waals surface area contributed by atoms with E-state index in [9.17, 15) is 4.79 Å². The fourth-order valence-electron chi connectivity index (χ4n) is 1.01. The van der Waals surface area contributed by atoms with E-state index >= 15 is 0 Å². The lowest BCUT2D eigenvalue weighted by Gasteiger charge is -2.07. The molecule has 0 unspecified atom stereocenters. The molecular formula is C10H14N2O. The van der Waals surface area contributed by atoms with E-state index in [0.717, 1.165) is 5.69 Å². The van der Waals surface area contributed by atoms with Crippen molar-refractivity contribution >= 4 is 5.91 Å². The van der Waals surface area contributed by atoms with Crippen molar-refractivity contribution < 1.29 is 4.79 Å². The molecule has 0 aliphatic carbocycles. The largest absolute Gasteiger partial charge is 0.349 e. The lowest BCUT2D eigenvalue weighted by atomic mass is 10.3. The Morgan fingerprint density at radius 1 is 1.46 bits per heavy atom. The number of aryl methyl sites for hydroxylation is 1. The third-order valence-corrected chi connectivity index (χ3v) is 1.54. The summed E-state index contributed by atoms with van der Waals surface area (Å²) in [5.74, 6) is -0.112. The zero-order chi connectivity index (χ0) is 9.84. The van der Waals surface area contributed by atoms with Gasteiger partial charge in [-0.05, 0) is 32.9 Å². The Hall–Kier alpha value is -1.38. The maximum atomic E-state index is 11.4. The van der Waals surface area contributed by atoms with E-state index in [1.54, 1.807) is 6.07 Å². The number of nitrogens with zero attached hydrogens (tertiary/aromatic N) is 1. The van der Waals surface area contributed by atoms with Gasteiger partial charge >= 0.3 is 0 Å². The maximum Gasteiger partial charge on any atom is 0.270 e. The zero-order valence-electron chi connectivity index (χ0n) is 8.16. The molecule has 1 heterocycles. The Bertz CT molecular complexity index is 308. The van der Waals surface area contributed by atoms with Crippen LogP contribution in [-0.4, -0.2) is 16.9 Å². The van der Waals surface area contributed by atoms with E-state index in [1.165, 1.54) is 0 Å². The van der Waals surface area contributed by atoms with Crippen molar-refractivity contribution in [3.05, 3.63) is 29.6 Å². The standard InChI is InChI=1S/C10H14N2O/c1-7(2)11-10(13)9-6-4-5-8(3)12-9/h4-7H,1-3H3,(H,11,13). The van der Waals surface area contributed by atoms with Crippen LogP contribution in [-0.2, 0) is 0 Å². The van der Waals surface area contributed by atoms with Gasteiger partial charge in [0.1, 0.15) is 5.69 Å². The van der Waals surface area contributed by atoms with Crippen LogP contribution in [0.3, 0.4) is 0 Å². The van der Waals surface area contributed by atoms with Gasteiger partial charge in [0.15, 0.2) is 0 Å². The summed E-state index contributed by atoms with van der Waals surface area (Å²) in [7, 11) is 0. The summed E-state index contributed by atoms with van der Waals surface area (Å²) in [4.78, 5) is 15.5. The number of aromatic nitrogens is 1. The molecule has 0 radical (unpaired) electrons. The molecule has 0 fully saturated rings. The Labute approximate surface area is 78.2 Å². The van der Waals surface area contributed by atoms with Gasteiger partial charge in [0.25, 0.3) is 5.91 Å². The molecule has 1 amide bonds. The third kappa shape index (κ3) is 2.86. The van der Waals surface area contributed by atoms with Crippen LogP contribution in [0.15, 0.2) is 18.2 Å². The summed E-state index contributed by atoms with van der Waals surface area (Å²) in [5, 5.41) is 2.78. The summed E-state index contributed by atoms with van der Waals surface area (Å²) in [6.45, 7) is 5.72. The SMILES string of the molecule is Cc1cccc(C(=O)NC(C)C)n1. The second-order valence-electron chi connectivity index (χ2n) is 3.29. The van der Waals surface area contributed by atoms with Crippen molar-refractivity contribution in [2.75, 3.05) is 0 Å². The molecule has 0 atom stereocenters. The molecule has 0 saturated carbocycles. The van der Waals surface area contributed by atoms with Crippen LogP contribution in [0.4, 0.5) is 0 Å². The van der Waals surface area contributed by atoms with Crippen molar-refractivity contribution in [2.45, 2.75) is 26.8 Å². The van der Waals surface area contributed by atoms with Crippen LogP contribution in [0.25, 0.3) is 0 Å². The molecule has 1 N–H and O–H groups in total. The molecule has 1 aromatic heterocycles. The molecule has 3 nitrogen and oxygen atoms in total.